The molecule has 0 spiro atoms. The van der Waals surface area contributed by atoms with E-state index in [9.17, 15) is 43.9 Å². The van der Waals surface area contributed by atoms with Gasteiger partial charge in [-0.15, -0.1) is 0 Å². The van der Waals surface area contributed by atoms with E-state index in [4.69, 9.17) is 11.9 Å². The van der Waals surface area contributed by atoms with Gasteiger partial charge in [-0.3, -0.25) is 4.21 Å². The Morgan fingerprint density at radius 1 is 0.444 bits per heavy atom. The van der Waals surface area contributed by atoms with E-state index in [2.05, 4.69) is 13.5 Å². The normalized spacial score (nSPS) is 10.9. The van der Waals surface area contributed by atoms with Crippen molar-refractivity contribution in [3.63, 3.8) is 0 Å². The molecular weight excluding hydrogens is 428 g/mol. The minimum Gasteiger partial charge on any atom is -0.495 e. The minimum atomic E-state index is -2.91. The summed E-state index contributed by atoms with van der Waals surface area (Å²) >= 11 is 4.74. The van der Waals surface area contributed by atoms with Crippen LogP contribution in [0.5, 0.6) is 11.5 Å². The van der Waals surface area contributed by atoms with Crippen LogP contribution in [0.4, 0.5) is 43.9 Å². The second-order valence-electron chi connectivity index (χ2n) is 4.41. The predicted molar refractivity (Wildman–Crippen MR) is 66.4 cm³/mol. The molecule has 0 atom stereocenters. The lowest BCUT2D eigenvalue weighted by Crippen LogP contribution is -2.33. The molecule has 2 rings (SSSR count). The Hall–Kier alpha value is -2.35. The van der Waals surface area contributed by atoms with Crippen LogP contribution in [0.3, 0.4) is 0 Å². The molecular formula is C12BClF10O3. The van der Waals surface area contributed by atoms with E-state index in [1.807, 2.05) is 0 Å². The van der Waals surface area contributed by atoms with Gasteiger partial charge in [0.05, 0.1) is 11.9 Å². The molecule has 0 fully saturated rings. The van der Waals surface area contributed by atoms with Crippen LogP contribution in [0.15, 0.2) is 0 Å². The molecule has 0 N–H and O–H groups in total. The number of hydrogen-bond donors (Lipinski definition) is 0. The first-order valence-corrected chi connectivity index (χ1v) is 6.47. The maximum atomic E-state index is 13.5. The fraction of sp³-hybridized carbons (Fsp3) is 0. The van der Waals surface area contributed by atoms with E-state index in [0.29, 0.717) is 0 Å². The van der Waals surface area contributed by atoms with Crippen molar-refractivity contribution in [1.82, 2.24) is 0 Å². The summed E-state index contributed by atoms with van der Waals surface area (Å²) in [5, 5.41) is 0. The van der Waals surface area contributed by atoms with E-state index < -0.39 is 77.0 Å². The molecule has 2 aromatic rings. The second-order valence-corrected chi connectivity index (χ2v) is 4.59. The summed E-state index contributed by atoms with van der Waals surface area (Å²) in [4.78, 5) is 0. The summed E-state index contributed by atoms with van der Waals surface area (Å²) in [6.45, 7) is 0. The summed E-state index contributed by atoms with van der Waals surface area (Å²) in [5.74, 6) is -29.4. The van der Waals surface area contributed by atoms with Gasteiger partial charge in [0.1, 0.15) is 0 Å². The molecule has 0 bridgehead atoms. The molecule has 0 saturated heterocycles. The Bertz CT molecular complexity index is 782. The fourth-order valence-electron chi connectivity index (χ4n) is 1.63. The highest BCUT2D eigenvalue weighted by molar-refractivity contribution is 6.45. The van der Waals surface area contributed by atoms with Crippen LogP contribution in [-0.4, -0.2) is 7.32 Å². The Morgan fingerprint density at radius 2 is 0.667 bits per heavy atom. The van der Waals surface area contributed by atoms with Crippen LogP contribution in [0.1, 0.15) is 0 Å². The monoisotopic (exact) mass is 428 g/mol. The highest BCUT2D eigenvalue weighted by Gasteiger charge is 2.38. The smallest absolute Gasteiger partial charge is 0.495 e. The van der Waals surface area contributed by atoms with Gasteiger partial charge in [-0.1, -0.05) is 0 Å². The van der Waals surface area contributed by atoms with Crippen LogP contribution in [0, 0.1) is 58.2 Å². The summed E-state index contributed by atoms with van der Waals surface area (Å²) < 4.78 is 144. The van der Waals surface area contributed by atoms with E-state index >= 15 is 0 Å². The van der Waals surface area contributed by atoms with Crippen LogP contribution >= 0.6 is 11.9 Å². The molecule has 0 heterocycles. The van der Waals surface area contributed by atoms with Crippen LogP contribution in [0.2, 0.25) is 0 Å². The maximum Gasteiger partial charge on any atom is 0.805 e. The number of hydrogen-bond acceptors (Lipinski definition) is 3. The first kappa shape index (κ1) is 21.0. The molecule has 15 heteroatoms. The average molecular weight is 428 g/mol. The molecule has 0 aliphatic rings. The van der Waals surface area contributed by atoms with Gasteiger partial charge in [-0.2, -0.15) is 17.6 Å². The summed E-state index contributed by atoms with van der Waals surface area (Å²) in [7, 11) is -2.91. The first-order valence-electron chi connectivity index (χ1n) is 6.16. The van der Waals surface area contributed by atoms with Crippen LogP contribution < -0.4 is 9.31 Å². The zero-order chi connectivity index (χ0) is 20.6. The highest BCUT2D eigenvalue weighted by Crippen LogP contribution is 2.32. The SMILES string of the molecule is Fc1c(F)c(F)c(OB(OCl)Oc2c(F)c(F)c(F)c(F)c2F)c(F)c1F. The lowest BCUT2D eigenvalue weighted by atomic mass is 10.2. The van der Waals surface area contributed by atoms with Crippen LogP contribution in [-0.2, 0) is 4.21 Å². The fourth-order valence-corrected chi connectivity index (χ4v) is 1.70. The molecule has 0 amide bonds. The molecule has 3 nitrogen and oxygen atoms in total. The standard InChI is InChI=1S/C12BClF10O3/c14-27-13(25-11-7(21)3(17)1(15)4(18)8(11)22)26-12-9(23)5(19)2(16)6(20)10(12)24. The minimum absolute atomic E-state index is 2.07. The molecule has 0 radical (unpaired) electrons. The van der Waals surface area contributed by atoms with Gasteiger partial charge in [-0.25, -0.2) is 26.3 Å². The Morgan fingerprint density at radius 3 is 0.889 bits per heavy atom. The Balaban J connectivity index is 2.45. The zero-order valence-electron chi connectivity index (χ0n) is 12.0. The van der Waals surface area contributed by atoms with Crippen molar-refractivity contribution in [3.8, 4) is 11.5 Å². The average Bonchev–Trinajstić information content (AvgIpc) is 2.66. The topological polar surface area (TPSA) is 27.7 Å². The van der Waals surface area contributed by atoms with Gasteiger partial charge >= 0.3 is 7.32 Å². The van der Waals surface area contributed by atoms with E-state index in [0.717, 1.165) is 0 Å². The molecule has 2 aromatic carbocycles. The highest BCUT2D eigenvalue weighted by atomic mass is 35.5. The molecule has 27 heavy (non-hydrogen) atoms. The van der Waals surface area contributed by atoms with Crippen molar-refractivity contribution in [2.75, 3.05) is 0 Å². The van der Waals surface area contributed by atoms with Crippen molar-refractivity contribution in [2.24, 2.45) is 0 Å². The van der Waals surface area contributed by atoms with Gasteiger partial charge in [0.25, 0.3) is 0 Å². The third kappa shape index (κ3) is 3.58. The van der Waals surface area contributed by atoms with E-state index in [1.54, 1.807) is 0 Å². The predicted octanol–water partition coefficient (Wildman–Crippen LogP) is 4.69. The first-order chi connectivity index (χ1) is 12.5. The van der Waals surface area contributed by atoms with Crippen molar-refractivity contribution in [2.45, 2.75) is 0 Å². The van der Waals surface area contributed by atoms with Crippen molar-refractivity contribution >= 4 is 19.2 Å². The van der Waals surface area contributed by atoms with E-state index in [1.165, 1.54) is 0 Å². The third-order valence-electron chi connectivity index (χ3n) is 2.84. The molecule has 0 aliphatic heterocycles. The van der Waals surface area contributed by atoms with E-state index in [-0.39, 0.29) is 0 Å². The summed E-state index contributed by atoms with van der Waals surface area (Å²) in [5.41, 5.74) is 0. The van der Waals surface area contributed by atoms with Crippen molar-refractivity contribution in [1.29, 1.82) is 0 Å². The molecule has 0 aliphatic carbocycles. The van der Waals surface area contributed by atoms with Gasteiger partial charge in [0.2, 0.25) is 58.2 Å². The van der Waals surface area contributed by atoms with Gasteiger partial charge in [-0.05, 0) is 0 Å². The second kappa shape index (κ2) is 7.72. The van der Waals surface area contributed by atoms with Crippen molar-refractivity contribution in [3.05, 3.63) is 58.2 Å². The molecule has 0 aromatic heterocycles. The van der Waals surface area contributed by atoms with Crippen molar-refractivity contribution < 1.29 is 57.4 Å². The van der Waals surface area contributed by atoms with Crippen LogP contribution in [0.25, 0.3) is 0 Å². The third-order valence-corrected chi connectivity index (χ3v) is 2.99. The lowest BCUT2D eigenvalue weighted by Gasteiger charge is -2.16. The Kier molecular flexibility index (Phi) is 5.99. The Labute approximate surface area is 147 Å². The van der Waals surface area contributed by atoms with Gasteiger partial charge in [0.15, 0.2) is 11.5 Å². The van der Waals surface area contributed by atoms with Gasteiger partial charge in [0, 0.05) is 0 Å². The summed E-state index contributed by atoms with van der Waals surface area (Å²) in [6, 6.07) is 0. The largest absolute Gasteiger partial charge is 0.805 e. The number of halogens is 11. The quantitative estimate of drug-likeness (QED) is 0.299. The number of rotatable bonds is 5. The lowest BCUT2D eigenvalue weighted by molar-refractivity contribution is 0.267. The molecule has 0 saturated carbocycles. The number of benzene rings is 2. The zero-order valence-corrected chi connectivity index (χ0v) is 12.7. The maximum absolute atomic E-state index is 13.5. The molecule has 146 valence electrons. The van der Waals surface area contributed by atoms with Gasteiger partial charge < -0.3 is 9.31 Å². The summed E-state index contributed by atoms with van der Waals surface area (Å²) in [6.07, 6.45) is 0. The molecule has 0 unspecified atom stereocenters.